The molecule has 108 valence electrons. The second kappa shape index (κ2) is 4.30. The smallest absolute Gasteiger partial charge is 0.335 e. The number of hydrogen-bond donors (Lipinski definition) is 1. The molecular weight excluding hydrogens is 262 g/mol. The Morgan fingerprint density at radius 2 is 2.14 bits per heavy atom. The van der Waals surface area contributed by atoms with E-state index in [0.29, 0.717) is 11.0 Å². The fraction of sp³-hybridized carbons (Fsp3) is 0.444. The quantitative estimate of drug-likeness (QED) is 0.910. The zero-order valence-corrected chi connectivity index (χ0v) is 12.2. The van der Waals surface area contributed by atoms with Crippen LogP contribution in [0.25, 0.3) is 10.9 Å². The van der Waals surface area contributed by atoms with Gasteiger partial charge in [-0.05, 0) is 73.3 Å². The van der Waals surface area contributed by atoms with Crippen LogP contribution in [0.4, 0.5) is 0 Å². The number of carboxylic acid groups (broad SMARTS) is 1. The Kier molecular flexibility index (Phi) is 2.62. The molecule has 1 atom stereocenters. The number of hydrogen-bond acceptors (Lipinski definition) is 2. The van der Waals surface area contributed by atoms with Gasteiger partial charge in [-0.3, -0.25) is 4.98 Å². The number of aromatic carboxylic acids is 1. The van der Waals surface area contributed by atoms with E-state index in [0.717, 1.165) is 29.7 Å². The third-order valence-corrected chi connectivity index (χ3v) is 5.45. The van der Waals surface area contributed by atoms with Crippen molar-refractivity contribution in [2.75, 3.05) is 0 Å². The highest BCUT2D eigenvalue weighted by molar-refractivity contribution is 5.93. The molecule has 0 aliphatic heterocycles. The Labute approximate surface area is 124 Å². The molecule has 2 aliphatic carbocycles. The normalized spacial score (nSPS) is 22.8. The van der Waals surface area contributed by atoms with Crippen LogP contribution in [0.1, 0.15) is 47.8 Å². The van der Waals surface area contributed by atoms with E-state index >= 15 is 0 Å². The molecule has 4 rings (SSSR count). The number of fused-ring (bicyclic) bond motifs is 2. The van der Waals surface area contributed by atoms with E-state index in [1.165, 1.54) is 30.5 Å². The van der Waals surface area contributed by atoms with E-state index in [2.05, 4.69) is 13.0 Å². The van der Waals surface area contributed by atoms with Gasteiger partial charge in [-0.25, -0.2) is 4.79 Å². The van der Waals surface area contributed by atoms with Gasteiger partial charge >= 0.3 is 5.97 Å². The third-order valence-electron chi connectivity index (χ3n) is 5.45. The predicted molar refractivity (Wildman–Crippen MR) is 81.6 cm³/mol. The molecule has 0 saturated heterocycles. The Morgan fingerprint density at radius 3 is 2.86 bits per heavy atom. The average Bonchev–Trinajstić information content (AvgIpc) is 3.23. The molecule has 2 aromatic rings. The topological polar surface area (TPSA) is 50.2 Å². The van der Waals surface area contributed by atoms with Crippen LogP contribution in [0.15, 0.2) is 24.3 Å². The van der Waals surface area contributed by atoms with Crippen molar-refractivity contribution < 1.29 is 9.90 Å². The van der Waals surface area contributed by atoms with Gasteiger partial charge in [0.05, 0.1) is 11.1 Å². The fourth-order valence-corrected chi connectivity index (χ4v) is 3.67. The second-order valence-corrected chi connectivity index (χ2v) is 6.90. The minimum absolute atomic E-state index is 0.339. The zero-order chi connectivity index (χ0) is 14.6. The summed E-state index contributed by atoms with van der Waals surface area (Å²) in [7, 11) is 0. The summed E-state index contributed by atoms with van der Waals surface area (Å²) in [5, 5.41) is 10.1. The molecule has 0 spiro atoms. The summed E-state index contributed by atoms with van der Waals surface area (Å²) in [6, 6.07) is 7.38. The minimum Gasteiger partial charge on any atom is -0.478 e. The van der Waals surface area contributed by atoms with E-state index in [9.17, 15) is 4.79 Å². The number of benzene rings is 1. The van der Waals surface area contributed by atoms with Gasteiger partial charge in [0, 0.05) is 11.1 Å². The first kappa shape index (κ1) is 12.8. The predicted octanol–water partition coefficient (Wildman–Crippen LogP) is 3.84. The van der Waals surface area contributed by atoms with Crippen LogP contribution in [-0.4, -0.2) is 16.1 Å². The average molecular weight is 281 g/mol. The summed E-state index contributed by atoms with van der Waals surface area (Å²) in [6.07, 6.45) is 6.13. The number of carboxylic acids is 1. The molecule has 3 heteroatoms. The Hall–Kier alpha value is -1.90. The molecule has 0 radical (unpaired) electrons. The van der Waals surface area contributed by atoms with E-state index in [4.69, 9.17) is 10.1 Å². The lowest BCUT2D eigenvalue weighted by atomic mass is 9.77. The van der Waals surface area contributed by atoms with E-state index in [-0.39, 0.29) is 0 Å². The Morgan fingerprint density at radius 1 is 1.33 bits per heavy atom. The maximum atomic E-state index is 11.1. The van der Waals surface area contributed by atoms with Crippen molar-refractivity contribution in [3.8, 4) is 0 Å². The molecule has 1 saturated carbocycles. The van der Waals surface area contributed by atoms with Crippen molar-refractivity contribution in [3.05, 3.63) is 41.1 Å². The maximum Gasteiger partial charge on any atom is 0.335 e. The highest BCUT2D eigenvalue weighted by atomic mass is 16.4. The summed E-state index contributed by atoms with van der Waals surface area (Å²) < 4.78 is 0. The van der Waals surface area contributed by atoms with Gasteiger partial charge in [0.15, 0.2) is 0 Å². The molecular formula is C18H19NO2. The number of aromatic nitrogens is 1. The van der Waals surface area contributed by atoms with Gasteiger partial charge in [0.1, 0.15) is 0 Å². The lowest BCUT2D eigenvalue weighted by Crippen LogP contribution is -2.22. The zero-order valence-electron chi connectivity index (χ0n) is 12.2. The van der Waals surface area contributed by atoms with Crippen LogP contribution >= 0.6 is 0 Å². The van der Waals surface area contributed by atoms with E-state index < -0.39 is 5.97 Å². The summed E-state index contributed by atoms with van der Waals surface area (Å²) in [5.74, 6) is -0.107. The van der Waals surface area contributed by atoms with Gasteiger partial charge in [-0.15, -0.1) is 0 Å². The van der Waals surface area contributed by atoms with Gasteiger partial charge in [0.25, 0.3) is 0 Å². The van der Waals surface area contributed by atoms with E-state index in [1.807, 2.05) is 6.07 Å². The summed E-state index contributed by atoms with van der Waals surface area (Å²) >= 11 is 0. The van der Waals surface area contributed by atoms with Gasteiger partial charge in [-0.1, -0.05) is 6.92 Å². The second-order valence-electron chi connectivity index (χ2n) is 6.90. The number of nitrogens with zero attached hydrogens (tertiary/aromatic N) is 1. The lowest BCUT2D eigenvalue weighted by molar-refractivity contribution is 0.0697. The van der Waals surface area contributed by atoms with Crippen molar-refractivity contribution in [2.24, 2.45) is 11.3 Å². The molecule has 1 aromatic heterocycles. The Balaban J connectivity index is 1.76. The van der Waals surface area contributed by atoms with Crippen LogP contribution in [-0.2, 0) is 12.8 Å². The van der Waals surface area contributed by atoms with Crippen molar-refractivity contribution >= 4 is 16.9 Å². The number of aryl methyl sites for hydroxylation is 1. The van der Waals surface area contributed by atoms with Crippen LogP contribution in [0.3, 0.4) is 0 Å². The maximum absolute atomic E-state index is 11.1. The molecule has 21 heavy (non-hydrogen) atoms. The molecule has 2 aliphatic rings. The summed E-state index contributed by atoms with van der Waals surface area (Å²) in [6.45, 7) is 2.40. The number of rotatable bonds is 2. The lowest BCUT2D eigenvalue weighted by Gasteiger charge is -2.29. The molecule has 1 aromatic carbocycles. The molecule has 0 bridgehead atoms. The first-order valence-electron chi connectivity index (χ1n) is 7.71. The van der Waals surface area contributed by atoms with Crippen LogP contribution in [0, 0.1) is 11.3 Å². The molecule has 1 heterocycles. The van der Waals surface area contributed by atoms with E-state index in [1.54, 1.807) is 12.1 Å². The van der Waals surface area contributed by atoms with Crippen LogP contribution in [0.5, 0.6) is 0 Å². The highest BCUT2D eigenvalue weighted by Gasteiger charge is 2.45. The number of carbonyl (C=O) groups is 1. The monoisotopic (exact) mass is 281 g/mol. The molecule has 1 N–H and O–H groups in total. The summed E-state index contributed by atoms with van der Waals surface area (Å²) in [5.41, 5.74) is 4.34. The molecule has 0 unspecified atom stereocenters. The summed E-state index contributed by atoms with van der Waals surface area (Å²) in [4.78, 5) is 15.9. The van der Waals surface area contributed by atoms with Crippen LogP contribution in [0.2, 0.25) is 0 Å². The molecule has 1 fully saturated rings. The first-order chi connectivity index (χ1) is 10.0. The molecule has 3 nitrogen and oxygen atoms in total. The third kappa shape index (κ3) is 2.11. The minimum atomic E-state index is -0.877. The largest absolute Gasteiger partial charge is 0.478 e. The number of pyridine rings is 1. The standard InChI is InChI=1S/C18H19NO2/c1-18(6-7-18)14-3-5-16-13(10-14)9-12-8-11(17(20)21)2-4-15(12)19-16/h2,4,8-9,14H,3,5-7,10H2,1H3,(H,20,21)/t14-/m0/s1. The van der Waals surface area contributed by atoms with Gasteiger partial charge in [0.2, 0.25) is 0 Å². The van der Waals surface area contributed by atoms with Gasteiger partial charge in [-0.2, -0.15) is 0 Å². The highest BCUT2D eigenvalue weighted by Crippen LogP contribution is 2.55. The van der Waals surface area contributed by atoms with Crippen LogP contribution < -0.4 is 0 Å². The van der Waals surface area contributed by atoms with Gasteiger partial charge < -0.3 is 5.11 Å². The van der Waals surface area contributed by atoms with Crippen molar-refractivity contribution in [1.29, 1.82) is 0 Å². The first-order valence-corrected chi connectivity index (χ1v) is 7.71. The van der Waals surface area contributed by atoms with Crippen molar-refractivity contribution in [1.82, 2.24) is 4.98 Å². The van der Waals surface area contributed by atoms with Crippen molar-refractivity contribution in [2.45, 2.75) is 39.0 Å². The Bertz CT molecular complexity index is 746. The SMILES string of the molecule is CC1([C@H]2CCc3nc4ccc(C(=O)O)cc4cc3C2)CC1. The van der Waals surface area contributed by atoms with Crippen molar-refractivity contribution in [3.63, 3.8) is 0 Å². The fourth-order valence-electron chi connectivity index (χ4n) is 3.67. The molecule has 0 amide bonds.